The van der Waals surface area contributed by atoms with Crippen molar-refractivity contribution in [2.75, 3.05) is 54.9 Å². The molecule has 3 atom stereocenters. The highest BCUT2D eigenvalue weighted by Crippen LogP contribution is 2.58. The number of fused-ring (bicyclic) bond motifs is 3. The van der Waals surface area contributed by atoms with Crippen molar-refractivity contribution in [3.8, 4) is 18.1 Å². The summed E-state index contributed by atoms with van der Waals surface area (Å²) >= 11 is 3.24. The number of amides is 1. The molecule has 2 aromatic heterocycles. The van der Waals surface area contributed by atoms with Crippen molar-refractivity contribution in [2.45, 2.75) is 61.4 Å². The number of hydrogen-bond donors (Lipinski definition) is 2. The molecule has 4 aliphatic rings. The number of primary amides is 1. The van der Waals surface area contributed by atoms with Crippen LogP contribution in [0.2, 0.25) is 0 Å². The van der Waals surface area contributed by atoms with Gasteiger partial charge in [0.05, 0.1) is 15.8 Å². The second-order valence-electron chi connectivity index (χ2n) is 11.3. The summed E-state index contributed by atoms with van der Waals surface area (Å²) < 4.78 is 20.3. The van der Waals surface area contributed by atoms with Crippen molar-refractivity contribution in [3.63, 3.8) is 0 Å². The predicted octanol–water partition coefficient (Wildman–Crippen LogP) is 2.48. The highest BCUT2D eigenvalue weighted by atomic mass is 32.2. The van der Waals surface area contributed by atoms with Gasteiger partial charge >= 0.3 is 6.01 Å². The van der Waals surface area contributed by atoms with E-state index in [0.717, 1.165) is 35.6 Å². The summed E-state index contributed by atoms with van der Waals surface area (Å²) in [7, 11) is 0. The number of anilines is 3. The summed E-state index contributed by atoms with van der Waals surface area (Å²) in [4.78, 5) is 28.5. The molecule has 0 aliphatic carbocycles. The maximum atomic E-state index is 14.4. The van der Waals surface area contributed by atoms with Crippen LogP contribution < -0.4 is 26.0 Å². The van der Waals surface area contributed by atoms with Gasteiger partial charge in [-0.25, -0.2) is 4.39 Å². The first-order valence-electron chi connectivity index (χ1n) is 13.8. The number of thiophene rings is 1. The van der Waals surface area contributed by atoms with E-state index < -0.39 is 23.7 Å². The van der Waals surface area contributed by atoms with E-state index in [2.05, 4.69) is 22.0 Å². The molecule has 3 fully saturated rings. The number of nitrogens with zero attached hydrogens (tertiary/aromatic N) is 7. The van der Waals surface area contributed by atoms with E-state index in [1.54, 1.807) is 23.6 Å². The number of nitriles is 2. The van der Waals surface area contributed by atoms with E-state index in [4.69, 9.17) is 21.2 Å². The number of hydrogen-bond acceptors (Lipinski definition) is 12. The zero-order valence-electron chi connectivity index (χ0n) is 23.0. The highest BCUT2D eigenvalue weighted by molar-refractivity contribution is 8.00. The van der Waals surface area contributed by atoms with E-state index in [0.29, 0.717) is 49.0 Å². The largest absolute Gasteiger partial charge is 0.461 e. The van der Waals surface area contributed by atoms with Crippen molar-refractivity contribution in [1.29, 1.82) is 10.5 Å². The van der Waals surface area contributed by atoms with Gasteiger partial charge in [-0.1, -0.05) is 0 Å². The maximum Gasteiger partial charge on any atom is 0.320 e. The lowest BCUT2D eigenvalue weighted by atomic mass is 9.88. The third-order valence-electron chi connectivity index (χ3n) is 8.93. The van der Waals surface area contributed by atoms with Crippen LogP contribution in [0.15, 0.2) is 0 Å². The summed E-state index contributed by atoms with van der Waals surface area (Å²) in [6, 6.07) is 3.89. The molecule has 0 saturated carbocycles. The molecule has 41 heavy (non-hydrogen) atoms. The van der Waals surface area contributed by atoms with Crippen molar-refractivity contribution in [1.82, 2.24) is 14.9 Å². The van der Waals surface area contributed by atoms with Gasteiger partial charge in [0.15, 0.2) is 11.6 Å². The molecule has 4 aliphatic heterocycles. The van der Waals surface area contributed by atoms with Gasteiger partial charge in [0.25, 0.3) is 0 Å². The SMILES string of the molecule is CCN(c1nc(OC[C@@]23CCCN2C[C@H](F)C3)nc(N2CC3(C2)SCc2sc(N)c(C#N)c23)c1C#N)[C@H](C)C(N)=O. The number of nitrogens with two attached hydrogens (primary N) is 2. The third kappa shape index (κ3) is 4.35. The number of alkyl halides is 1. The van der Waals surface area contributed by atoms with Crippen LogP contribution in [0.25, 0.3) is 0 Å². The highest BCUT2D eigenvalue weighted by Gasteiger charge is 2.54. The van der Waals surface area contributed by atoms with Crippen molar-refractivity contribution in [3.05, 3.63) is 21.6 Å². The molecule has 11 nitrogen and oxygen atoms in total. The molecule has 216 valence electrons. The van der Waals surface area contributed by atoms with Gasteiger partial charge < -0.3 is 26.0 Å². The summed E-state index contributed by atoms with van der Waals surface area (Å²) in [5.41, 5.74) is 13.2. The van der Waals surface area contributed by atoms with Crippen molar-refractivity contribution in [2.24, 2.45) is 5.73 Å². The van der Waals surface area contributed by atoms with E-state index in [1.807, 2.05) is 11.8 Å². The standard InChI is InChI=1S/C27H32FN9O2S2/c1-3-37(15(2)21(31)38)24-18(9-30)23(33-25(34-24)39-14-26-5-4-6-36(26)10-16(28)7-26)35-12-27(13-35)20-17(8-29)22(32)41-19(20)11-40-27/h15-16H,3-7,10-14,32H2,1-2H3,(H2,31,38)/t15-,16-,26+/m1/s1. The number of nitrogen functional groups attached to an aromatic ring is 1. The lowest BCUT2D eigenvalue weighted by Gasteiger charge is -2.48. The van der Waals surface area contributed by atoms with Gasteiger partial charge in [-0.2, -0.15) is 20.5 Å². The number of likely N-dealkylation sites (N-methyl/N-ethyl adjacent to an activating group) is 1. The van der Waals surface area contributed by atoms with Crippen molar-refractivity contribution >= 4 is 45.6 Å². The zero-order chi connectivity index (χ0) is 29.1. The number of rotatable bonds is 8. The quantitative estimate of drug-likeness (QED) is 0.460. The van der Waals surface area contributed by atoms with E-state index in [9.17, 15) is 19.7 Å². The summed E-state index contributed by atoms with van der Waals surface area (Å²) in [6.45, 7) is 6.43. The number of thioether (sulfide) groups is 1. The average Bonchev–Trinajstić information content (AvgIpc) is 3.64. The Morgan fingerprint density at radius 3 is 2.76 bits per heavy atom. The molecule has 1 spiro atoms. The molecule has 1 amide bonds. The second kappa shape index (κ2) is 10.2. The lowest BCUT2D eigenvalue weighted by molar-refractivity contribution is -0.118. The first-order chi connectivity index (χ1) is 19.6. The van der Waals surface area contributed by atoms with Gasteiger partial charge in [0, 0.05) is 48.8 Å². The van der Waals surface area contributed by atoms with Gasteiger partial charge in [-0.3, -0.25) is 9.69 Å². The molecule has 14 heteroatoms. The Hall–Kier alpha value is -3.33. The molecule has 6 rings (SSSR count). The number of halogens is 1. The number of aromatic nitrogens is 2. The summed E-state index contributed by atoms with van der Waals surface area (Å²) in [6.07, 6.45) is 1.33. The lowest BCUT2D eigenvalue weighted by Crippen LogP contribution is -2.57. The minimum Gasteiger partial charge on any atom is -0.461 e. The van der Waals surface area contributed by atoms with E-state index >= 15 is 0 Å². The fourth-order valence-electron chi connectivity index (χ4n) is 6.86. The van der Waals surface area contributed by atoms with E-state index in [1.165, 1.54) is 11.3 Å². The Morgan fingerprint density at radius 1 is 1.32 bits per heavy atom. The Balaban J connectivity index is 1.36. The van der Waals surface area contributed by atoms with E-state index in [-0.39, 0.29) is 28.7 Å². The first kappa shape index (κ1) is 27.8. The van der Waals surface area contributed by atoms with Gasteiger partial charge in [-0.05, 0) is 33.2 Å². The molecular formula is C27H32FN9O2S2. The van der Waals surface area contributed by atoms with Crippen LogP contribution in [0.5, 0.6) is 6.01 Å². The number of ether oxygens (including phenoxy) is 1. The molecule has 0 unspecified atom stereocenters. The normalized spacial score (nSPS) is 24.8. The van der Waals surface area contributed by atoms with Crippen LogP contribution in [-0.4, -0.2) is 77.9 Å². The fourth-order valence-corrected chi connectivity index (χ4v) is 9.67. The van der Waals surface area contributed by atoms with Crippen LogP contribution in [0.3, 0.4) is 0 Å². The monoisotopic (exact) mass is 597 g/mol. The zero-order valence-corrected chi connectivity index (χ0v) is 24.7. The Morgan fingerprint density at radius 2 is 2.07 bits per heavy atom. The molecule has 2 aromatic rings. The fraction of sp³-hybridized carbons (Fsp3) is 0.593. The maximum absolute atomic E-state index is 14.4. The molecule has 3 saturated heterocycles. The first-order valence-corrected chi connectivity index (χ1v) is 15.6. The van der Waals surface area contributed by atoms with Crippen LogP contribution in [0.1, 0.15) is 54.7 Å². The minimum absolute atomic E-state index is 0.0749. The summed E-state index contributed by atoms with van der Waals surface area (Å²) in [5, 5.41) is 20.6. The van der Waals surface area contributed by atoms with Gasteiger partial charge in [0.1, 0.15) is 41.5 Å². The topological polar surface area (TPSA) is 161 Å². The van der Waals surface area contributed by atoms with Crippen molar-refractivity contribution < 1.29 is 13.9 Å². The Bertz CT molecular complexity index is 1480. The van der Waals surface area contributed by atoms with Crippen LogP contribution >= 0.6 is 23.1 Å². The van der Waals surface area contributed by atoms with Gasteiger partial charge in [0.2, 0.25) is 5.91 Å². The number of carbonyl (C=O) groups is 1. The summed E-state index contributed by atoms with van der Waals surface area (Å²) in [5.74, 6) is 0.910. The van der Waals surface area contributed by atoms with Gasteiger partial charge in [-0.15, -0.1) is 23.1 Å². The molecule has 4 N–H and O–H groups in total. The molecular weight excluding hydrogens is 565 g/mol. The van der Waals surface area contributed by atoms with Crippen LogP contribution in [0, 0.1) is 22.7 Å². The molecule has 6 heterocycles. The Labute approximate surface area is 246 Å². The molecule has 0 radical (unpaired) electrons. The molecule has 0 bridgehead atoms. The second-order valence-corrected chi connectivity index (χ2v) is 13.8. The van der Waals surface area contributed by atoms with Crippen LogP contribution in [0.4, 0.5) is 21.0 Å². The smallest absolute Gasteiger partial charge is 0.320 e. The third-order valence-corrected chi connectivity index (χ3v) is 11.6. The average molecular weight is 598 g/mol. The van der Waals surface area contributed by atoms with Crippen LogP contribution in [-0.2, 0) is 15.3 Å². The number of carbonyl (C=O) groups excluding carboxylic acids is 1. The predicted molar refractivity (Wildman–Crippen MR) is 156 cm³/mol. The minimum atomic E-state index is -0.894. The molecule has 0 aromatic carbocycles. The Kier molecular flexibility index (Phi) is 6.91.